The zero-order chi connectivity index (χ0) is 11.4. The fourth-order valence-electron chi connectivity index (χ4n) is 1.70. The van der Waals surface area contributed by atoms with Crippen molar-refractivity contribution < 1.29 is 4.39 Å². The Labute approximate surface area is 90.9 Å². The second-order valence-electron chi connectivity index (χ2n) is 4.30. The van der Waals surface area contributed by atoms with Crippen LogP contribution in [0.3, 0.4) is 0 Å². The lowest BCUT2D eigenvalue weighted by Crippen LogP contribution is -2.35. The van der Waals surface area contributed by atoms with Crippen LogP contribution in [0.4, 0.5) is 4.39 Å². The molecule has 1 aromatic rings. The van der Waals surface area contributed by atoms with Crippen molar-refractivity contribution >= 4 is 0 Å². The van der Waals surface area contributed by atoms with E-state index in [-0.39, 0.29) is 11.9 Å². The van der Waals surface area contributed by atoms with Gasteiger partial charge in [-0.2, -0.15) is 0 Å². The van der Waals surface area contributed by atoms with Gasteiger partial charge >= 0.3 is 0 Å². The Morgan fingerprint density at radius 1 is 1.40 bits per heavy atom. The van der Waals surface area contributed by atoms with Crippen LogP contribution in [0.5, 0.6) is 0 Å². The monoisotopic (exact) mass is 210 g/mol. The van der Waals surface area contributed by atoms with Crippen LogP contribution in [0, 0.1) is 12.7 Å². The first-order valence-electron chi connectivity index (χ1n) is 5.14. The fraction of sp³-hybridized carbons (Fsp3) is 0.500. The van der Waals surface area contributed by atoms with E-state index in [4.69, 9.17) is 5.73 Å². The second-order valence-corrected chi connectivity index (χ2v) is 4.30. The predicted molar refractivity (Wildman–Crippen MR) is 61.4 cm³/mol. The molecular formula is C12H19FN2. The average molecular weight is 210 g/mol. The number of aryl methyl sites for hydroxylation is 1. The Balaban J connectivity index is 2.64. The van der Waals surface area contributed by atoms with Gasteiger partial charge in [0.15, 0.2) is 0 Å². The van der Waals surface area contributed by atoms with Crippen molar-refractivity contribution in [3.8, 4) is 0 Å². The maximum atomic E-state index is 12.9. The molecule has 0 amide bonds. The minimum absolute atomic E-state index is 0.101. The van der Waals surface area contributed by atoms with E-state index < -0.39 is 0 Å². The summed E-state index contributed by atoms with van der Waals surface area (Å²) in [4.78, 5) is 2.06. The largest absolute Gasteiger partial charge is 0.326 e. The third-order valence-corrected chi connectivity index (χ3v) is 2.39. The van der Waals surface area contributed by atoms with Gasteiger partial charge in [-0.1, -0.05) is 6.07 Å². The van der Waals surface area contributed by atoms with Gasteiger partial charge in [0.05, 0.1) is 0 Å². The summed E-state index contributed by atoms with van der Waals surface area (Å²) in [6, 6.07) is 4.96. The summed E-state index contributed by atoms with van der Waals surface area (Å²) in [6.45, 7) is 2.76. The first kappa shape index (κ1) is 12.1. The molecule has 1 atom stereocenters. The van der Waals surface area contributed by atoms with Gasteiger partial charge in [-0.25, -0.2) is 4.39 Å². The number of nitrogens with two attached hydrogens (primary N) is 1. The smallest absolute Gasteiger partial charge is 0.123 e. The molecule has 0 aromatic heterocycles. The lowest BCUT2D eigenvalue weighted by atomic mass is 10.0. The summed E-state index contributed by atoms with van der Waals surface area (Å²) in [5.74, 6) is -0.183. The van der Waals surface area contributed by atoms with E-state index in [1.54, 1.807) is 6.07 Å². The van der Waals surface area contributed by atoms with E-state index in [2.05, 4.69) is 4.90 Å². The van der Waals surface area contributed by atoms with Crippen LogP contribution in [0.15, 0.2) is 18.2 Å². The van der Waals surface area contributed by atoms with Crippen LogP contribution in [0.1, 0.15) is 11.1 Å². The van der Waals surface area contributed by atoms with Gasteiger partial charge < -0.3 is 10.6 Å². The highest BCUT2D eigenvalue weighted by Crippen LogP contribution is 2.11. The third kappa shape index (κ3) is 3.98. The van der Waals surface area contributed by atoms with Crippen molar-refractivity contribution in [2.24, 2.45) is 5.73 Å². The van der Waals surface area contributed by atoms with Gasteiger partial charge in [-0.15, -0.1) is 0 Å². The highest BCUT2D eigenvalue weighted by atomic mass is 19.1. The lowest BCUT2D eigenvalue weighted by Gasteiger charge is -2.17. The van der Waals surface area contributed by atoms with Gasteiger partial charge in [-0.3, -0.25) is 0 Å². The minimum atomic E-state index is -0.183. The van der Waals surface area contributed by atoms with Crippen LogP contribution < -0.4 is 5.73 Å². The fourth-order valence-corrected chi connectivity index (χ4v) is 1.70. The topological polar surface area (TPSA) is 29.3 Å². The molecule has 2 nitrogen and oxygen atoms in total. The summed E-state index contributed by atoms with van der Waals surface area (Å²) in [5.41, 5.74) is 8.08. The summed E-state index contributed by atoms with van der Waals surface area (Å²) in [6.07, 6.45) is 0.796. The number of benzene rings is 1. The van der Waals surface area contributed by atoms with Crippen molar-refractivity contribution in [1.82, 2.24) is 4.90 Å². The van der Waals surface area contributed by atoms with Crippen molar-refractivity contribution in [2.45, 2.75) is 19.4 Å². The van der Waals surface area contributed by atoms with Gasteiger partial charge in [-0.05, 0) is 50.7 Å². The zero-order valence-corrected chi connectivity index (χ0v) is 9.63. The first-order chi connectivity index (χ1) is 6.99. The highest BCUT2D eigenvalue weighted by Gasteiger charge is 2.07. The number of hydrogen-bond acceptors (Lipinski definition) is 2. The molecule has 0 aliphatic rings. The van der Waals surface area contributed by atoms with E-state index in [0.717, 1.165) is 24.1 Å². The first-order valence-corrected chi connectivity index (χ1v) is 5.14. The summed E-state index contributed by atoms with van der Waals surface area (Å²) in [7, 11) is 3.99. The number of hydrogen-bond donors (Lipinski definition) is 1. The van der Waals surface area contributed by atoms with Crippen molar-refractivity contribution in [3.63, 3.8) is 0 Å². The molecule has 0 heterocycles. The molecule has 0 saturated carbocycles. The molecule has 0 bridgehead atoms. The molecule has 1 unspecified atom stereocenters. The number of halogens is 1. The van der Waals surface area contributed by atoms with E-state index in [1.165, 1.54) is 6.07 Å². The molecule has 1 rings (SSSR count). The second kappa shape index (κ2) is 5.24. The molecular weight excluding hydrogens is 191 g/mol. The Morgan fingerprint density at radius 3 is 2.60 bits per heavy atom. The third-order valence-electron chi connectivity index (χ3n) is 2.39. The number of rotatable bonds is 4. The quantitative estimate of drug-likeness (QED) is 0.817. The van der Waals surface area contributed by atoms with Crippen molar-refractivity contribution in [1.29, 1.82) is 0 Å². The molecule has 2 N–H and O–H groups in total. The van der Waals surface area contributed by atoms with Crippen molar-refractivity contribution in [2.75, 3.05) is 20.6 Å². The van der Waals surface area contributed by atoms with Crippen LogP contribution in [-0.2, 0) is 6.42 Å². The van der Waals surface area contributed by atoms with Crippen LogP contribution in [-0.4, -0.2) is 31.6 Å². The minimum Gasteiger partial charge on any atom is -0.326 e. The Hall–Kier alpha value is -0.930. The predicted octanol–water partition coefficient (Wildman–Crippen LogP) is 1.57. The molecule has 15 heavy (non-hydrogen) atoms. The van der Waals surface area contributed by atoms with E-state index in [1.807, 2.05) is 27.1 Å². The van der Waals surface area contributed by atoms with Gasteiger partial charge in [0.25, 0.3) is 0 Å². The SMILES string of the molecule is Cc1cc(F)ccc1CC(N)CN(C)C. The molecule has 0 radical (unpaired) electrons. The Kier molecular flexibility index (Phi) is 4.24. The van der Waals surface area contributed by atoms with Gasteiger partial charge in [0.1, 0.15) is 5.82 Å². The van der Waals surface area contributed by atoms with E-state index in [9.17, 15) is 4.39 Å². The molecule has 3 heteroatoms. The molecule has 1 aromatic carbocycles. The van der Waals surface area contributed by atoms with Crippen LogP contribution in [0.25, 0.3) is 0 Å². The number of nitrogens with zero attached hydrogens (tertiary/aromatic N) is 1. The van der Waals surface area contributed by atoms with Crippen LogP contribution >= 0.6 is 0 Å². The van der Waals surface area contributed by atoms with Crippen molar-refractivity contribution in [3.05, 3.63) is 35.1 Å². The Morgan fingerprint density at radius 2 is 2.07 bits per heavy atom. The van der Waals surface area contributed by atoms with Gasteiger partial charge in [0, 0.05) is 12.6 Å². The normalized spacial score (nSPS) is 13.2. The summed E-state index contributed by atoms with van der Waals surface area (Å²) >= 11 is 0. The molecule has 84 valence electrons. The van der Waals surface area contributed by atoms with E-state index >= 15 is 0 Å². The zero-order valence-electron chi connectivity index (χ0n) is 9.63. The molecule has 0 aliphatic carbocycles. The average Bonchev–Trinajstić information content (AvgIpc) is 2.08. The Bertz CT molecular complexity index is 323. The van der Waals surface area contributed by atoms with Crippen LogP contribution in [0.2, 0.25) is 0 Å². The highest BCUT2D eigenvalue weighted by molar-refractivity contribution is 5.27. The standard InChI is InChI=1S/C12H19FN2/c1-9-6-11(13)5-4-10(9)7-12(14)8-15(2)3/h4-6,12H,7-8,14H2,1-3H3. The lowest BCUT2D eigenvalue weighted by molar-refractivity contribution is 0.371. The summed E-state index contributed by atoms with van der Waals surface area (Å²) in [5, 5.41) is 0. The van der Waals surface area contributed by atoms with Gasteiger partial charge in [0.2, 0.25) is 0 Å². The number of likely N-dealkylation sites (N-methyl/N-ethyl adjacent to an activating group) is 1. The summed E-state index contributed by atoms with van der Waals surface area (Å²) < 4.78 is 12.9. The maximum absolute atomic E-state index is 12.9. The molecule has 0 aliphatic heterocycles. The van der Waals surface area contributed by atoms with E-state index in [0.29, 0.717) is 0 Å². The molecule has 0 fully saturated rings. The molecule has 0 saturated heterocycles. The molecule has 0 spiro atoms. The maximum Gasteiger partial charge on any atom is 0.123 e.